The molecule has 0 heterocycles. The fourth-order valence-electron chi connectivity index (χ4n) is 4.38. The fourth-order valence-corrected chi connectivity index (χ4v) is 4.38. The molecule has 128 valence electrons. The number of allylic oxidation sites excluding steroid dienone is 1. The highest BCUT2D eigenvalue weighted by molar-refractivity contribution is 4.82. The minimum atomic E-state index is 0.798. The van der Waals surface area contributed by atoms with Gasteiger partial charge < -0.3 is 9.47 Å². The molecule has 0 amide bonds. The Morgan fingerprint density at radius 1 is 0.818 bits per heavy atom. The smallest absolute Gasteiger partial charge is 0.0901 e. The average molecular weight is 309 g/mol. The molecule has 0 aromatic rings. The lowest BCUT2D eigenvalue weighted by Gasteiger charge is -2.37. The van der Waals surface area contributed by atoms with Gasteiger partial charge in [0.2, 0.25) is 0 Å². The Hall–Kier alpha value is -0.500. The van der Waals surface area contributed by atoms with Gasteiger partial charge in [-0.1, -0.05) is 13.3 Å². The summed E-state index contributed by atoms with van der Waals surface area (Å²) in [6.45, 7) is 4.12. The van der Waals surface area contributed by atoms with Crippen molar-refractivity contribution in [2.45, 2.75) is 71.1 Å². The monoisotopic (exact) mass is 308 g/mol. The van der Waals surface area contributed by atoms with Crippen molar-refractivity contribution in [1.82, 2.24) is 0 Å². The Morgan fingerprint density at radius 2 is 1.36 bits per heavy atom. The van der Waals surface area contributed by atoms with Gasteiger partial charge in [-0.2, -0.15) is 0 Å². The van der Waals surface area contributed by atoms with Crippen LogP contribution in [0.4, 0.5) is 0 Å². The average Bonchev–Trinajstić information content (AvgIpc) is 2.56. The normalized spacial score (nSPS) is 33.2. The van der Waals surface area contributed by atoms with E-state index in [0.717, 1.165) is 43.3 Å². The van der Waals surface area contributed by atoms with Crippen molar-refractivity contribution in [2.24, 2.45) is 23.7 Å². The van der Waals surface area contributed by atoms with E-state index in [9.17, 15) is 0 Å². The van der Waals surface area contributed by atoms with Crippen molar-refractivity contribution < 1.29 is 9.47 Å². The van der Waals surface area contributed by atoms with Gasteiger partial charge in [-0.3, -0.25) is 0 Å². The van der Waals surface area contributed by atoms with Gasteiger partial charge >= 0.3 is 0 Å². The van der Waals surface area contributed by atoms with Crippen molar-refractivity contribution >= 4 is 0 Å². The molecular formula is C20H36O2. The lowest BCUT2D eigenvalue weighted by atomic mass is 9.69. The zero-order chi connectivity index (χ0) is 15.6. The third-order valence-electron chi connectivity index (χ3n) is 5.83. The summed E-state index contributed by atoms with van der Waals surface area (Å²) in [7, 11) is 1.84. The molecule has 0 N–H and O–H groups in total. The Labute approximate surface area is 137 Å². The molecular weight excluding hydrogens is 272 g/mol. The molecule has 2 saturated carbocycles. The minimum absolute atomic E-state index is 0.798. The molecule has 2 heteroatoms. The van der Waals surface area contributed by atoms with Crippen molar-refractivity contribution in [3.8, 4) is 0 Å². The van der Waals surface area contributed by atoms with Crippen LogP contribution in [0.5, 0.6) is 0 Å². The third kappa shape index (κ3) is 5.95. The van der Waals surface area contributed by atoms with E-state index in [-0.39, 0.29) is 0 Å². The first kappa shape index (κ1) is 17.8. The van der Waals surface area contributed by atoms with Crippen LogP contribution in [0.25, 0.3) is 0 Å². The van der Waals surface area contributed by atoms with Crippen LogP contribution in [0.15, 0.2) is 12.3 Å². The van der Waals surface area contributed by atoms with Crippen molar-refractivity contribution in [3.05, 3.63) is 12.3 Å². The molecule has 0 atom stereocenters. The Kier molecular flexibility index (Phi) is 8.36. The van der Waals surface area contributed by atoms with Crippen LogP contribution in [0, 0.1) is 23.7 Å². The fraction of sp³-hybridized carbons (Fsp3) is 0.900. The maximum absolute atomic E-state index is 5.70. The first-order valence-electron chi connectivity index (χ1n) is 9.59. The van der Waals surface area contributed by atoms with Crippen LogP contribution in [0.1, 0.15) is 71.1 Å². The summed E-state index contributed by atoms with van der Waals surface area (Å²) < 4.78 is 11.0. The van der Waals surface area contributed by atoms with Crippen LogP contribution < -0.4 is 0 Å². The Balaban J connectivity index is 1.59. The molecule has 2 aliphatic rings. The van der Waals surface area contributed by atoms with Crippen LogP contribution in [-0.2, 0) is 9.47 Å². The van der Waals surface area contributed by atoms with Gasteiger partial charge in [0.1, 0.15) is 0 Å². The van der Waals surface area contributed by atoms with Gasteiger partial charge in [-0.05, 0) is 87.5 Å². The maximum Gasteiger partial charge on any atom is 0.0901 e. The predicted octanol–water partition coefficient (Wildman–Crippen LogP) is 5.58. The molecule has 2 rings (SSSR count). The molecule has 0 radical (unpaired) electrons. The van der Waals surface area contributed by atoms with Gasteiger partial charge in [0.25, 0.3) is 0 Å². The second kappa shape index (κ2) is 10.3. The van der Waals surface area contributed by atoms with Crippen molar-refractivity contribution in [3.63, 3.8) is 0 Å². The summed E-state index contributed by atoms with van der Waals surface area (Å²) in [5, 5.41) is 0. The molecule has 0 spiro atoms. The lowest BCUT2D eigenvalue weighted by molar-refractivity contribution is 0.0834. The molecule has 0 unspecified atom stereocenters. The van der Waals surface area contributed by atoms with Crippen LogP contribution in [0.2, 0.25) is 0 Å². The molecule has 0 bridgehead atoms. The second-order valence-electron chi connectivity index (χ2n) is 7.51. The van der Waals surface area contributed by atoms with E-state index in [1.807, 2.05) is 13.4 Å². The first-order valence-corrected chi connectivity index (χ1v) is 9.59. The standard InChI is InChI=1S/C20H36O2/c1-3-4-5-14-22-16-18-8-12-20(13-9-18)19-10-6-17(7-11-19)15-21-2/h5,14,17-20H,3-4,6-13,15-16H2,1-2H3. The van der Waals surface area contributed by atoms with E-state index in [2.05, 4.69) is 13.0 Å². The summed E-state index contributed by atoms with van der Waals surface area (Å²) in [4.78, 5) is 0. The largest absolute Gasteiger partial charge is 0.501 e. The number of hydrogen-bond acceptors (Lipinski definition) is 2. The van der Waals surface area contributed by atoms with Crippen LogP contribution in [-0.4, -0.2) is 20.3 Å². The summed E-state index contributed by atoms with van der Waals surface area (Å²) >= 11 is 0. The number of hydrogen-bond donors (Lipinski definition) is 0. The van der Waals surface area contributed by atoms with E-state index < -0.39 is 0 Å². The van der Waals surface area contributed by atoms with Gasteiger partial charge in [-0.25, -0.2) is 0 Å². The number of ether oxygens (including phenoxy) is 2. The highest BCUT2D eigenvalue weighted by Crippen LogP contribution is 2.41. The number of rotatable bonds is 8. The van der Waals surface area contributed by atoms with Crippen LogP contribution in [0.3, 0.4) is 0 Å². The highest BCUT2D eigenvalue weighted by Gasteiger charge is 2.30. The Morgan fingerprint density at radius 3 is 1.86 bits per heavy atom. The zero-order valence-electron chi connectivity index (χ0n) is 14.8. The second-order valence-corrected chi connectivity index (χ2v) is 7.51. The molecule has 22 heavy (non-hydrogen) atoms. The highest BCUT2D eigenvalue weighted by atomic mass is 16.5. The summed E-state index contributed by atoms with van der Waals surface area (Å²) in [6, 6.07) is 0. The quantitative estimate of drug-likeness (QED) is 0.545. The van der Waals surface area contributed by atoms with E-state index >= 15 is 0 Å². The molecule has 0 aromatic carbocycles. The first-order chi connectivity index (χ1) is 10.8. The van der Waals surface area contributed by atoms with Crippen molar-refractivity contribution in [2.75, 3.05) is 20.3 Å². The lowest BCUT2D eigenvalue weighted by Crippen LogP contribution is -2.27. The maximum atomic E-state index is 5.70. The van der Waals surface area contributed by atoms with Gasteiger partial charge in [0, 0.05) is 13.7 Å². The zero-order valence-corrected chi connectivity index (χ0v) is 14.8. The number of unbranched alkanes of at least 4 members (excludes halogenated alkanes) is 1. The topological polar surface area (TPSA) is 18.5 Å². The van der Waals surface area contributed by atoms with E-state index in [4.69, 9.17) is 9.47 Å². The molecule has 0 aliphatic heterocycles. The molecule has 2 fully saturated rings. The van der Waals surface area contributed by atoms with Gasteiger partial charge in [0.15, 0.2) is 0 Å². The summed E-state index contributed by atoms with van der Waals surface area (Å²) in [5.41, 5.74) is 0. The van der Waals surface area contributed by atoms with Gasteiger partial charge in [0.05, 0.1) is 12.9 Å². The molecule has 0 aromatic heterocycles. The van der Waals surface area contributed by atoms with E-state index in [1.165, 1.54) is 57.8 Å². The molecule has 2 nitrogen and oxygen atoms in total. The number of methoxy groups -OCH3 is 1. The van der Waals surface area contributed by atoms with E-state index in [0.29, 0.717) is 0 Å². The van der Waals surface area contributed by atoms with Gasteiger partial charge in [-0.15, -0.1) is 0 Å². The SMILES string of the molecule is CCCC=COCC1CCC(C2CCC(COC)CC2)CC1. The summed E-state index contributed by atoms with van der Waals surface area (Å²) in [6.07, 6.45) is 17.7. The van der Waals surface area contributed by atoms with Crippen molar-refractivity contribution in [1.29, 1.82) is 0 Å². The van der Waals surface area contributed by atoms with E-state index in [1.54, 1.807) is 0 Å². The minimum Gasteiger partial charge on any atom is -0.501 e. The molecule has 2 aliphatic carbocycles. The molecule has 0 saturated heterocycles. The Bertz CT molecular complexity index is 297. The third-order valence-corrected chi connectivity index (χ3v) is 5.83. The van der Waals surface area contributed by atoms with Crippen LogP contribution >= 0.6 is 0 Å². The predicted molar refractivity (Wildman–Crippen MR) is 92.8 cm³/mol. The summed E-state index contributed by atoms with van der Waals surface area (Å²) in [5.74, 6) is 3.63.